The van der Waals surface area contributed by atoms with Crippen molar-refractivity contribution in [3.05, 3.63) is 77.4 Å². The summed E-state index contributed by atoms with van der Waals surface area (Å²) >= 11 is 5.93. The number of rotatable bonds is 5. The van der Waals surface area contributed by atoms with Crippen molar-refractivity contribution in [2.75, 3.05) is 4.90 Å². The largest absolute Gasteiger partial charge is 0.501 e. The standard InChI is InChI=1S/C23H17ClF3N3O4S/c1-13(15-10-11-28-19(12-15)14-2-4-16(24)5-3-14)20-21(31)30(22(32)29-20)17-6-8-18(9-7-17)35(33,34)23(25,26)27/h2-13,20H,1H3,(H,29,32). The first-order valence-electron chi connectivity index (χ1n) is 10.2. The number of nitrogens with zero attached hydrogens (tertiary/aromatic N) is 2. The van der Waals surface area contributed by atoms with Crippen LogP contribution in [0.15, 0.2) is 71.8 Å². The molecular weight excluding hydrogens is 507 g/mol. The summed E-state index contributed by atoms with van der Waals surface area (Å²) in [6.07, 6.45) is 1.58. The number of benzene rings is 2. The van der Waals surface area contributed by atoms with E-state index in [0.717, 1.165) is 28.2 Å². The Hall–Kier alpha value is -3.44. The fraction of sp³-hybridized carbons (Fsp3) is 0.174. The molecule has 1 saturated heterocycles. The van der Waals surface area contributed by atoms with Crippen LogP contribution in [0.1, 0.15) is 18.4 Å². The van der Waals surface area contributed by atoms with Crippen molar-refractivity contribution in [2.24, 2.45) is 0 Å². The molecule has 2 unspecified atom stereocenters. The lowest BCUT2D eigenvalue weighted by atomic mass is 9.92. The Morgan fingerprint density at radius 3 is 2.26 bits per heavy atom. The molecule has 0 bridgehead atoms. The summed E-state index contributed by atoms with van der Waals surface area (Å²) in [6, 6.07) is 12.2. The molecular formula is C23H17ClF3N3O4S. The highest BCUT2D eigenvalue weighted by atomic mass is 35.5. The smallest absolute Gasteiger partial charge is 0.325 e. The molecule has 0 aliphatic carbocycles. The Bertz CT molecular complexity index is 1390. The van der Waals surface area contributed by atoms with Crippen LogP contribution in [0.25, 0.3) is 11.3 Å². The summed E-state index contributed by atoms with van der Waals surface area (Å²) in [4.78, 5) is 29.8. The first kappa shape index (κ1) is 24.7. The van der Waals surface area contributed by atoms with Crippen molar-refractivity contribution in [1.29, 1.82) is 0 Å². The van der Waals surface area contributed by atoms with Crippen molar-refractivity contribution in [2.45, 2.75) is 29.3 Å². The van der Waals surface area contributed by atoms with E-state index in [0.29, 0.717) is 22.8 Å². The molecule has 1 N–H and O–H groups in total. The van der Waals surface area contributed by atoms with E-state index < -0.39 is 44.1 Å². The van der Waals surface area contributed by atoms with Crippen LogP contribution >= 0.6 is 11.6 Å². The number of hydrogen-bond acceptors (Lipinski definition) is 5. The third-order valence-electron chi connectivity index (χ3n) is 5.63. The maximum absolute atomic E-state index is 13.1. The molecule has 2 atom stereocenters. The molecule has 0 saturated carbocycles. The van der Waals surface area contributed by atoms with Gasteiger partial charge in [-0.1, -0.05) is 30.7 Å². The van der Waals surface area contributed by atoms with Crippen molar-refractivity contribution in [3.8, 4) is 11.3 Å². The molecule has 35 heavy (non-hydrogen) atoms. The molecule has 182 valence electrons. The van der Waals surface area contributed by atoms with E-state index in [1.165, 1.54) is 0 Å². The minimum Gasteiger partial charge on any atom is -0.325 e. The number of imide groups is 1. The highest BCUT2D eigenvalue weighted by Crippen LogP contribution is 2.33. The predicted molar refractivity (Wildman–Crippen MR) is 123 cm³/mol. The van der Waals surface area contributed by atoms with E-state index in [-0.39, 0.29) is 5.69 Å². The highest BCUT2D eigenvalue weighted by Gasteiger charge is 2.47. The molecule has 4 rings (SSSR count). The van der Waals surface area contributed by atoms with E-state index >= 15 is 0 Å². The van der Waals surface area contributed by atoms with Gasteiger partial charge in [0.05, 0.1) is 16.3 Å². The fourth-order valence-corrected chi connectivity index (χ4v) is 4.58. The zero-order valence-electron chi connectivity index (χ0n) is 18.0. The van der Waals surface area contributed by atoms with Crippen molar-refractivity contribution < 1.29 is 31.2 Å². The van der Waals surface area contributed by atoms with Gasteiger partial charge in [0.1, 0.15) is 6.04 Å². The molecule has 1 aliphatic heterocycles. The average molecular weight is 524 g/mol. The van der Waals surface area contributed by atoms with Gasteiger partial charge >= 0.3 is 11.5 Å². The topological polar surface area (TPSA) is 96.4 Å². The number of hydrogen-bond donors (Lipinski definition) is 1. The number of halogens is 4. The third-order valence-corrected chi connectivity index (χ3v) is 7.38. The zero-order valence-corrected chi connectivity index (χ0v) is 19.5. The van der Waals surface area contributed by atoms with Crippen molar-refractivity contribution in [3.63, 3.8) is 0 Å². The number of anilines is 1. The molecule has 7 nitrogen and oxygen atoms in total. The van der Waals surface area contributed by atoms with Gasteiger partial charge in [0.2, 0.25) is 0 Å². The lowest BCUT2D eigenvalue weighted by Gasteiger charge is -2.19. The van der Waals surface area contributed by atoms with E-state index in [2.05, 4.69) is 10.3 Å². The zero-order chi connectivity index (χ0) is 25.5. The highest BCUT2D eigenvalue weighted by molar-refractivity contribution is 7.92. The second-order valence-electron chi connectivity index (χ2n) is 7.81. The number of urea groups is 1. The van der Waals surface area contributed by atoms with Gasteiger partial charge in [-0.3, -0.25) is 9.78 Å². The van der Waals surface area contributed by atoms with Gasteiger partial charge in [0.25, 0.3) is 15.7 Å². The van der Waals surface area contributed by atoms with E-state index in [9.17, 15) is 31.2 Å². The summed E-state index contributed by atoms with van der Waals surface area (Å²) in [6.45, 7) is 1.74. The van der Waals surface area contributed by atoms with Gasteiger partial charge in [-0.15, -0.1) is 0 Å². The van der Waals surface area contributed by atoms with Gasteiger partial charge in [-0.05, 0) is 54.1 Å². The first-order chi connectivity index (χ1) is 16.4. The van der Waals surface area contributed by atoms with Crippen LogP contribution in [0.5, 0.6) is 0 Å². The number of sulfone groups is 1. The van der Waals surface area contributed by atoms with E-state index in [1.54, 1.807) is 49.5 Å². The second kappa shape index (κ2) is 8.97. The number of amides is 3. The second-order valence-corrected chi connectivity index (χ2v) is 10.2. The van der Waals surface area contributed by atoms with Crippen LogP contribution in [-0.4, -0.2) is 36.9 Å². The Kier molecular flexibility index (Phi) is 6.32. The summed E-state index contributed by atoms with van der Waals surface area (Å²) in [7, 11) is -5.55. The van der Waals surface area contributed by atoms with Gasteiger partial charge in [-0.2, -0.15) is 13.2 Å². The van der Waals surface area contributed by atoms with Gasteiger partial charge < -0.3 is 5.32 Å². The Morgan fingerprint density at radius 1 is 1.03 bits per heavy atom. The lowest BCUT2D eigenvalue weighted by Crippen LogP contribution is -2.35. The first-order valence-corrected chi connectivity index (χ1v) is 12.0. The molecule has 3 aromatic rings. The molecule has 1 aliphatic rings. The van der Waals surface area contributed by atoms with E-state index in [1.807, 2.05) is 0 Å². The molecule has 2 aromatic carbocycles. The third kappa shape index (κ3) is 4.61. The SMILES string of the molecule is CC(c1ccnc(-c2ccc(Cl)cc2)c1)C1NC(=O)N(c2ccc(S(=O)(=O)C(F)(F)F)cc2)C1=O. The summed E-state index contributed by atoms with van der Waals surface area (Å²) < 4.78 is 61.4. The van der Waals surface area contributed by atoms with Crippen LogP contribution in [0, 0.1) is 0 Å². The minimum atomic E-state index is -5.55. The monoisotopic (exact) mass is 523 g/mol. The molecule has 1 aromatic heterocycles. The molecule has 0 radical (unpaired) electrons. The van der Waals surface area contributed by atoms with E-state index in [4.69, 9.17) is 11.6 Å². The van der Waals surface area contributed by atoms with Crippen LogP contribution in [0.2, 0.25) is 5.02 Å². The van der Waals surface area contributed by atoms with Gasteiger partial charge in [0.15, 0.2) is 0 Å². The minimum absolute atomic E-state index is 0.0556. The van der Waals surface area contributed by atoms with Gasteiger partial charge in [0, 0.05) is 22.7 Å². The normalized spacial score (nSPS) is 17.4. The predicted octanol–water partition coefficient (Wildman–Crippen LogP) is 4.92. The maximum atomic E-state index is 13.1. The van der Waals surface area contributed by atoms with Gasteiger partial charge in [-0.25, -0.2) is 18.1 Å². The van der Waals surface area contributed by atoms with Crippen molar-refractivity contribution >= 4 is 39.1 Å². The number of alkyl halides is 3. The lowest BCUT2D eigenvalue weighted by molar-refractivity contribution is -0.118. The number of carbonyl (C=O) groups excluding carboxylic acids is 2. The molecule has 3 amide bonds. The summed E-state index contributed by atoms with van der Waals surface area (Å²) in [5.41, 5.74) is -3.36. The number of nitrogens with one attached hydrogen (secondary N) is 1. The Balaban J connectivity index is 1.57. The molecule has 2 heterocycles. The van der Waals surface area contributed by atoms with Crippen LogP contribution < -0.4 is 10.2 Å². The van der Waals surface area contributed by atoms with Crippen LogP contribution in [0.4, 0.5) is 23.7 Å². The van der Waals surface area contributed by atoms with Crippen LogP contribution in [-0.2, 0) is 14.6 Å². The fourth-order valence-electron chi connectivity index (χ4n) is 3.69. The number of aromatic nitrogens is 1. The summed E-state index contributed by atoms with van der Waals surface area (Å²) in [5, 5.41) is 3.16. The maximum Gasteiger partial charge on any atom is 0.501 e. The quantitative estimate of drug-likeness (QED) is 0.479. The Morgan fingerprint density at radius 2 is 1.66 bits per heavy atom. The average Bonchev–Trinajstić information content (AvgIpc) is 3.12. The number of pyridine rings is 1. The Labute approximate surface area is 203 Å². The molecule has 1 fully saturated rings. The molecule has 0 spiro atoms. The van der Waals surface area contributed by atoms with Crippen LogP contribution in [0.3, 0.4) is 0 Å². The number of carbonyl (C=O) groups is 2. The molecule has 12 heteroatoms. The summed E-state index contributed by atoms with van der Waals surface area (Å²) in [5.74, 6) is -1.10. The van der Waals surface area contributed by atoms with Crippen molar-refractivity contribution in [1.82, 2.24) is 10.3 Å².